The molecule has 0 aliphatic carbocycles. The molecule has 1 aromatic carbocycles. The SMILES string of the molecule is O[C@@H]1C[C@@H](COc2ccccc2)N(Cc2ccncc2)C1. The van der Waals surface area contributed by atoms with Gasteiger partial charge in [0.15, 0.2) is 0 Å². The van der Waals surface area contributed by atoms with Crippen molar-refractivity contribution in [2.75, 3.05) is 13.2 Å². The van der Waals surface area contributed by atoms with E-state index in [1.165, 1.54) is 5.56 Å². The van der Waals surface area contributed by atoms with Gasteiger partial charge in [0.05, 0.1) is 6.10 Å². The second-order valence-corrected chi connectivity index (χ2v) is 5.45. The van der Waals surface area contributed by atoms with Gasteiger partial charge in [-0.3, -0.25) is 9.88 Å². The highest BCUT2D eigenvalue weighted by Gasteiger charge is 2.31. The number of pyridine rings is 1. The molecule has 0 bridgehead atoms. The van der Waals surface area contributed by atoms with E-state index in [1.807, 2.05) is 42.5 Å². The summed E-state index contributed by atoms with van der Waals surface area (Å²) < 4.78 is 5.84. The van der Waals surface area contributed by atoms with Gasteiger partial charge in [0.25, 0.3) is 0 Å². The Balaban J connectivity index is 1.60. The number of nitrogens with zero attached hydrogens (tertiary/aromatic N) is 2. The van der Waals surface area contributed by atoms with Crippen molar-refractivity contribution in [2.24, 2.45) is 0 Å². The predicted octanol–water partition coefficient (Wildman–Crippen LogP) is 2.10. The van der Waals surface area contributed by atoms with Crippen molar-refractivity contribution in [3.8, 4) is 5.75 Å². The van der Waals surface area contributed by atoms with E-state index >= 15 is 0 Å². The zero-order valence-electron chi connectivity index (χ0n) is 11.9. The number of hydrogen-bond acceptors (Lipinski definition) is 4. The largest absolute Gasteiger partial charge is 0.492 e. The predicted molar refractivity (Wildman–Crippen MR) is 81.0 cm³/mol. The van der Waals surface area contributed by atoms with Crippen LogP contribution in [0.4, 0.5) is 0 Å². The average Bonchev–Trinajstić information content (AvgIpc) is 2.87. The van der Waals surface area contributed by atoms with Gasteiger partial charge in [0, 0.05) is 31.5 Å². The van der Waals surface area contributed by atoms with Crippen molar-refractivity contribution in [2.45, 2.75) is 25.1 Å². The summed E-state index contributed by atoms with van der Waals surface area (Å²) in [7, 11) is 0. The van der Waals surface area contributed by atoms with Crippen LogP contribution in [-0.2, 0) is 6.54 Å². The van der Waals surface area contributed by atoms with Crippen LogP contribution in [0.25, 0.3) is 0 Å². The van der Waals surface area contributed by atoms with Gasteiger partial charge in [-0.05, 0) is 36.2 Å². The molecule has 0 amide bonds. The fourth-order valence-electron chi connectivity index (χ4n) is 2.76. The van der Waals surface area contributed by atoms with Gasteiger partial charge in [-0.2, -0.15) is 0 Å². The second-order valence-electron chi connectivity index (χ2n) is 5.45. The van der Waals surface area contributed by atoms with Gasteiger partial charge in [0.1, 0.15) is 12.4 Å². The summed E-state index contributed by atoms with van der Waals surface area (Å²) in [6.45, 7) is 2.12. The molecule has 0 unspecified atom stereocenters. The minimum absolute atomic E-state index is 0.244. The van der Waals surface area contributed by atoms with Crippen molar-refractivity contribution in [1.82, 2.24) is 9.88 Å². The molecule has 4 nitrogen and oxygen atoms in total. The number of hydrogen-bond donors (Lipinski definition) is 1. The van der Waals surface area contributed by atoms with E-state index in [4.69, 9.17) is 4.74 Å². The lowest BCUT2D eigenvalue weighted by molar-refractivity contribution is 0.159. The van der Waals surface area contributed by atoms with Crippen LogP contribution in [0.5, 0.6) is 5.75 Å². The maximum absolute atomic E-state index is 9.94. The maximum atomic E-state index is 9.94. The molecule has 3 rings (SSSR count). The maximum Gasteiger partial charge on any atom is 0.119 e. The van der Waals surface area contributed by atoms with Crippen molar-refractivity contribution >= 4 is 0 Å². The summed E-state index contributed by atoms with van der Waals surface area (Å²) in [6, 6.07) is 14.1. The van der Waals surface area contributed by atoms with Crippen molar-refractivity contribution < 1.29 is 9.84 Å². The summed E-state index contributed by atoms with van der Waals surface area (Å²) in [5.41, 5.74) is 1.21. The Morgan fingerprint density at radius 2 is 1.90 bits per heavy atom. The molecule has 1 aliphatic rings. The molecule has 2 atom stereocenters. The molecule has 4 heteroatoms. The Kier molecular flexibility index (Phi) is 4.48. The lowest BCUT2D eigenvalue weighted by Crippen LogP contribution is -2.33. The van der Waals surface area contributed by atoms with Gasteiger partial charge in [0.2, 0.25) is 0 Å². The smallest absolute Gasteiger partial charge is 0.119 e. The van der Waals surface area contributed by atoms with Gasteiger partial charge in [-0.1, -0.05) is 18.2 Å². The molecule has 2 aromatic rings. The van der Waals surface area contributed by atoms with Crippen molar-refractivity contribution in [3.05, 3.63) is 60.4 Å². The van der Waals surface area contributed by atoms with Crippen molar-refractivity contribution in [1.29, 1.82) is 0 Å². The highest BCUT2D eigenvalue weighted by Crippen LogP contribution is 2.21. The van der Waals surface area contributed by atoms with Crippen LogP contribution in [-0.4, -0.2) is 40.3 Å². The lowest BCUT2D eigenvalue weighted by atomic mass is 10.2. The van der Waals surface area contributed by atoms with Crippen LogP contribution in [0, 0.1) is 0 Å². The minimum Gasteiger partial charge on any atom is -0.492 e. The highest BCUT2D eigenvalue weighted by molar-refractivity contribution is 5.21. The standard InChI is InChI=1S/C17H20N2O2/c20-16-10-15(13-21-17-4-2-1-3-5-17)19(12-16)11-14-6-8-18-9-7-14/h1-9,15-16,20H,10-13H2/t15-,16+/m0/s1. The molecular weight excluding hydrogens is 264 g/mol. The molecule has 0 spiro atoms. The Morgan fingerprint density at radius 1 is 1.14 bits per heavy atom. The third-order valence-electron chi connectivity index (χ3n) is 3.83. The molecule has 1 aromatic heterocycles. The Labute approximate surface area is 125 Å². The first-order chi connectivity index (χ1) is 10.3. The van der Waals surface area contributed by atoms with E-state index in [1.54, 1.807) is 12.4 Å². The van der Waals surface area contributed by atoms with Gasteiger partial charge < -0.3 is 9.84 Å². The molecule has 21 heavy (non-hydrogen) atoms. The fourth-order valence-corrected chi connectivity index (χ4v) is 2.76. The van der Waals surface area contributed by atoms with Crippen molar-refractivity contribution in [3.63, 3.8) is 0 Å². The number of benzene rings is 1. The third-order valence-corrected chi connectivity index (χ3v) is 3.83. The van der Waals surface area contributed by atoms with Crippen LogP contribution in [0.15, 0.2) is 54.9 Å². The summed E-state index contributed by atoms with van der Waals surface area (Å²) in [5.74, 6) is 0.878. The molecule has 2 heterocycles. The molecule has 1 aliphatic heterocycles. The Hall–Kier alpha value is -1.91. The minimum atomic E-state index is -0.267. The monoisotopic (exact) mass is 284 g/mol. The Morgan fingerprint density at radius 3 is 2.67 bits per heavy atom. The molecule has 1 N–H and O–H groups in total. The quantitative estimate of drug-likeness (QED) is 0.913. The number of para-hydroxylation sites is 1. The van der Waals surface area contributed by atoms with Gasteiger partial charge >= 0.3 is 0 Å². The van der Waals surface area contributed by atoms with E-state index in [0.29, 0.717) is 13.2 Å². The van der Waals surface area contributed by atoms with Crippen LogP contribution in [0.2, 0.25) is 0 Å². The van der Waals surface area contributed by atoms with E-state index in [0.717, 1.165) is 18.7 Å². The average molecular weight is 284 g/mol. The molecular formula is C17H20N2O2. The summed E-state index contributed by atoms with van der Waals surface area (Å²) in [4.78, 5) is 6.32. The number of likely N-dealkylation sites (tertiary alicyclic amines) is 1. The van der Waals surface area contributed by atoms with E-state index < -0.39 is 0 Å². The summed E-state index contributed by atoms with van der Waals surface area (Å²) >= 11 is 0. The summed E-state index contributed by atoms with van der Waals surface area (Å²) in [6.07, 6.45) is 4.10. The van der Waals surface area contributed by atoms with E-state index in [2.05, 4.69) is 9.88 Å². The first-order valence-corrected chi connectivity index (χ1v) is 7.30. The van der Waals surface area contributed by atoms with Crippen LogP contribution in [0.3, 0.4) is 0 Å². The molecule has 1 fully saturated rings. The number of aliphatic hydroxyl groups excluding tert-OH is 1. The molecule has 0 radical (unpaired) electrons. The lowest BCUT2D eigenvalue weighted by Gasteiger charge is -2.24. The van der Waals surface area contributed by atoms with E-state index in [9.17, 15) is 5.11 Å². The van der Waals surface area contributed by atoms with E-state index in [-0.39, 0.29) is 12.1 Å². The first-order valence-electron chi connectivity index (χ1n) is 7.30. The number of ether oxygens (including phenoxy) is 1. The Bertz CT molecular complexity index is 547. The van der Waals surface area contributed by atoms with Crippen LogP contribution >= 0.6 is 0 Å². The van der Waals surface area contributed by atoms with Crippen LogP contribution in [0.1, 0.15) is 12.0 Å². The molecule has 0 saturated carbocycles. The molecule has 110 valence electrons. The number of β-amino-alcohol motifs (C(OH)–C–C–N with tert-alkyl or cyclic N) is 1. The zero-order chi connectivity index (χ0) is 14.5. The topological polar surface area (TPSA) is 45.6 Å². The van der Waals surface area contributed by atoms with Crippen LogP contribution < -0.4 is 4.74 Å². The second kappa shape index (κ2) is 6.70. The van der Waals surface area contributed by atoms with Gasteiger partial charge in [-0.15, -0.1) is 0 Å². The van der Waals surface area contributed by atoms with Gasteiger partial charge in [-0.25, -0.2) is 0 Å². The number of aliphatic hydroxyl groups is 1. The summed E-state index contributed by atoms with van der Waals surface area (Å²) in [5, 5.41) is 9.94. The normalized spacial score (nSPS) is 22.3. The third kappa shape index (κ3) is 3.80. The fraction of sp³-hybridized carbons (Fsp3) is 0.353. The number of rotatable bonds is 5. The zero-order valence-corrected chi connectivity index (χ0v) is 11.9. The molecule has 1 saturated heterocycles. The first kappa shape index (κ1) is 14.0. The number of aromatic nitrogens is 1. The highest BCUT2D eigenvalue weighted by atomic mass is 16.5.